The Bertz CT molecular complexity index is 666. The van der Waals surface area contributed by atoms with Gasteiger partial charge in [0.2, 0.25) is 7.37 Å². The van der Waals surface area contributed by atoms with Gasteiger partial charge in [-0.2, -0.15) is 0 Å². The highest BCUT2D eigenvalue weighted by atomic mass is 31.2. The van der Waals surface area contributed by atoms with Crippen molar-refractivity contribution < 1.29 is 33.3 Å². The molecule has 0 aliphatic heterocycles. The van der Waals surface area contributed by atoms with Gasteiger partial charge in [0, 0.05) is 0 Å². The maximum atomic E-state index is 13.1. The molecule has 9 heteroatoms. The van der Waals surface area contributed by atoms with Crippen molar-refractivity contribution in [3.05, 3.63) is 35.9 Å². The fourth-order valence-corrected chi connectivity index (χ4v) is 4.73. The summed E-state index contributed by atoms with van der Waals surface area (Å²) in [5.74, 6) is -2.26. The lowest BCUT2D eigenvalue weighted by molar-refractivity contribution is -0.137. The topological polar surface area (TPSA) is 111 Å². The van der Waals surface area contributed by atoms with Crippen LogP contribution >= 0.6 is 7.37 Å². The molecule has 0 heterocycles. The van der Waals surface area contributed by atoms with Crippen LogP contribution in [-0.2, 0) is 30.0 Å². The molecular weight excluding hydrogens is 385 g/mol. The number of hydrogen-bond donors (Lipinski definition) is 2. The van der Waals surface area contributed by atoms with E-state index in [2.05, 4.69) is 10.1 Å². The predicted octanol–water partition coefficient (Wildman–Crippen LogP) is 3.13. The fraction of sp³-hybridized carbons (Fsp3) is 0.579. The summed E-state index contributed by atoms with van der Waals surface area (Å²) in [6.45, 7) is 5.49. The van der Waals surface area contributed by atoms with Crippen molar-refractivity contribution in [3.8, 4) is 0 Å². The minimum atomic E-state index is -3.82. The quantitative estimate of drug-likeness (QED) is 0.422. The Labute approximate surface area is 166 Å². The number of benzene rings is 1. The van der Waals surface area contributed by atoms with Crippen LogP contribution in [-0.4, -0.2) is 48.9 Å². The van der Waals surface area contributed by atoms with Gasteiger partial charge in [0.1, 0.15) is 12.8 Å². The largest absolute Gasteiger partial charge is 0.469 e. The van der Waals surface area contributed by atoms with E-state index in [1.54, 1.807) is 6.92 Å². The van der Waals surface area contributed by atoms with Gasteiger partial charge in [0.15, 0.2) is 5.85 Å². The third-order valence-electron chi connectivity index (χ3n) is 3.93. The first-order valence-electron chi connectivity index (χ1n) is 9.17. The van der Waals surface area contributed by atoms with E-state index < -0.39 is 37.5 Å². The standard InChI is InChI=1S/C19H30NO7P/c1-5-27-28(24,13-17(21)25-4)18(22)16(11-14(2)3)20-19(23)26-12-15-9-7-6-8-10-15/h6-10,14,16,18,22H,5,11-13H2,1-4H3,(H,20,23)/t16-,18+,28?/m0/s1. The Hall–Kier alpha value is -1.89. The average Bonchev–Trinajstić information content (AvgIpc) is 2.65. The van der Waals surface area contributed by atoms with Crippen LogP contribution in [0.5, 0.6) is 0 Å². The molecule has 2 N–H and O–H groups in total. The first kappa shape index (κ1) is 24.1. The first-order chi connectivity index (χ1) is 13.2. The Morgan fingerprint density at radius 1 is 1.21 bits per heavy atom. The summed E-state index contributed by atoms with van der Waals surface area (Å²) in [5, 5.41) is 13.3. The van der Waals surface area contributed by atoms with Gasteiger partial charge in [0.25, 0.3) is 0 Å². The van der Waals surface area contributed by atoms with Crippen LogP contribution in [0.2, 0.25) is 0 Å². The van der Waals surface area contributed by atoms with Gasteiger partial charge >= 0.3 is 12.1 Å². The van der Waals surface area contributed by atoms with Crippen molar-refractivity contribution in [2.75, 3.05) is 19.9 Å². The number of alkyl carbamates (subject to hydrolysis) is 1. The van der Waals surface area contributed by atoms with E-state index >= 15 is 0 Å². The number of rotatable bonds is 11. The molecular formula is C19H30NO7P. The van der Waals surface area contributed by atoms with Crippen molar-refractivity contribution in [2.24, 2.45) is 5.92 Å². The lowest BCUT2D eigenvalue weighted by Crippen LogP contribution is -2.45. The van der Waals surface area contributed by atoms with Crippen LogP contribution in [0.4, 0.5) is 4.79 Å². The number of ether oxygens (including phenoxy) is 2. The molecule has 0 bridgehead atoms. The van der Waals surface area contributed by atoms with Gasteiger partial charge in [-0.3, -0.25) is 9.36 Å². The number of amides is 1. The molecule has 8 nitrogen and oxygen atoms in total. The summed E-state index contributed by atoms with van der Waals surface area (Å²) < 4.78 is 28.1. The van der Waals surface area contributed by atoms with E-state index in [0.717, 1.165) is 12.7 Å². The van der Waals surface area contributed by atoms with Gasteiger partial charge < -0.3 is 24.4 Å². The SMILES string of the molecule is CCOP(=O)(CC(=O)OC)[C@@H](O)[C@H](CC(C)C)NC(=O)OCc1ccccc1. The van der Waals surface area contributed by atoms with Gasteiger partial charge in [-0.15, -0.1) is 0 Å². The second kappa shape index (κ2) is 11.8. The lowest BCUT2D eigenvalue weighted by Gasteiger charge is -2.30. The van der Waals surface area contributed by atoms with Gasteiger partial charge in [-0.25, -0.2) is 4.79 Å². The molecule has 158 valence electrons. The van der Waals surface area contributed by atoms with Crippen molar-refractivity contribution >= 4 is 19.4 Å². The van der Waals surface area contributed by atoms with Crippen molar-refractivity contribution in [1.29, 1.82) is 0 Å². The van der Waals surface area contributed by atoms with Crippen molar-refractivity contribution in [3.63, 3.8) is 0 Å². The van der Waals surface area contributed by atoms with E-state index in [9.17, 15) is 19.3 Å². The molecule has 1 unspecified atom stereocenters. The van der Waals surface area contributed by atoms with Gasteiger partial charge in [-0.05, 0) is 24.8 Å². The first-order valence-corrected chi connectivity index (χ1v) is 11.0. The predicted molar refractivity (Wildman–Crippen MR) is 105 cm³/mol. The van der Waals surface area contributed by atoms with Crippen LogP contribution in [0.1, 0.15) is 32.8 Å². The second-order valence-electron chi connectivity index (χ2n) is 6.73. The smallest absolute Gasteiger partial charge is 0.407 e. The number of carbonyl (C=O) groups excluding carboxylic acids is 2. The Morgan fingerprint density at radius 3 is 2.39 bits per heavy atom. The number of methoxy groups -OCH3 is 1. The molecule has 0 aromatic heterocycles. The molecule has 0 saturated carbocycles. The van der Waals surface area contributed by atoms with Crippen LogP contribution < -0.4 is 5.32 Å². The van der Waals surface area contributed by atoms with E-state index in [0.29, 0.717) is 6.42 Å². The number of aliphatic hydroxyl groups excluding tert-OH is 1. The molecule has 28 heavy (non-hydrogen) atoms. The lowest BCUT2D eigenvalue weighted by atomic mass is 10.0. The van der Waals surface area contributed by atoms with Crippen LogP contribution in [0.25, 0.3) is 0 Å². The summed E-state index contributed by atoms with van der Waals surface area (Å²) in [7, 11) is -2.66. The Balaban J connectivity index is 2.86. The molecule has 0 aliphatic rings. The molecule has 0 fully saturated rings. The summed E-state index contributed by atoms with van der Waals surface area (Å²) in [5.41, 5.74) is 0.810. The summed E-state index contributed by atoms with van der Waals surface area (Å²) in [6, 6.07) is 8.22. The molecule has 1 rings (SSSR count). The summed E-state index contributed by atoms with van der Waals surface area (Å²) >= 11 is 0. The molecule has 3 atom stereocenters. The third-order valence-corrected chi connectivity index (χ3v) is 6.49. The molecule has 0 spiro atoms. The summed E-state index contributed by atoms with van der Waals surface area (Å²) in [6.07, 6.45) is -1.01. The van der Waals surface area contributed by atoms with Gasteiger partial charge in [-0.1, -0.05) is 44.2 Å². The highest BCUT2D eigenvalue weighted by Gasteiger charge is 2.41. The Morgan fingerprint density at radius 2 is 1.86 bits per heavy atom. The summed E-state index contributed by atoms with van der Waals surface area (Å²) in [4.78, 5) is 23.8. The molecule has 0 radical (unpaired) electrons. The third kappa shape index (κ3) is 8.00. The van der Waals surface area contributed by atoms with Crippen LogP contribution in [0, 0.1) is 5.92 Å². The average molecular weight is 415 g/mol. The minimum Gasteiger partial charge on any atom is -0.469 e. The van der Waals surface area contributed by atoms with Crippen LogP contribution in [0.15, 0.2) is 30.3 Å². The van der Waals surface area contributed by atoms with Crippen LogP contribution in [0.3, 0.4) is 0 Å². The number of hydrogen-bond acceptors (Lipinski definition) is 7. The van der Waals surface area contributed by atoms with E-state index in [4.69, 9.17) is 9.26 Å². The molecule has 1 amide bonds. The normalized spacial score (nSPS) is 15.4. The maximum absolute atomic E-state index is 13.1. The number of nitrogens with one attached hydrogen (secondary N) is 1. The molecule has 0 saturated heterocycles. The second-order valence-corrected chi connectivity index (χ2v) is 9.29. The highest BCUT2D eigenvalue weighted by molar-refractivity contribution is 7.60. The Kier molecular flexibility index (Phi) is 10.2. The maximum Gasteiger partial charge on any atom is 0.407 e. The minimum absolute atomic E-state index is 0.0399. The molecule has 1 aromatic carbocycles. The number of carbonyl (C=O) groups is 2. The van der Waals surface area contributed by atoms with E-state index in [1.165, 1.54) is 0 Å². The van der Waals surface area contributed by atoms with Crippen molar-refractivity contribution in [2.45, 2.75) is 45.7 Å². The van der Waals surface area contributed by atoms with E-state index in [-0.39, 0.29) is 19.1 Å². The zero-order valence-electron chi connectivity index (χ0n) is 16.8. The van der Waals surface area contributed by atoms with E-state index in [1.807, 2.05) is 44.2 Å². The van der Waals surface area contributed by atoms with Gasteiger partial charge in [0.05, 0.1) is 19.8 Å². The molecule has 0 aliphatic carbocycles. The fourth-order valence-electron chi connectivity index (χ4n) is 2.63. The van der Waals surface area contributed by atoms with Crippen molar-refractivity contribution in [1.82, 2.24) is 5.32 Å². The number of esters is 1. The zero-order chi connectivity index (χ0) is 21.2. The monoisotopic (exact) mass is 415 g/mol. The molecule has 1 aromatic rings. The zero-order valence-corrected chi connectivity index (χ0v) is 17.7. The number of aliphatic hydroxyl groups is 1. The highest BCUT2D eigenvalue weighted by Crippen LogP contribution is 2.52.